The molecule has 0 saturated carbocycles. The van der Waals surface area contributed by atoms with Crippen LogP contribution in [-0.2, 0) is 6.54 Å². The summed E-state index contributed by atoms with van der Waals surface area (Å²) < 4.78 is 4.96. The second-order valence-electron chi connectivity index (χ2n) is 4.51. The second kappa shape index (κ2) is 4.65. The van der Waals surface area contributed by atoms with Gasteiger partial charge in [-0.05, 0) is 27.3 Å². The van der Waals surface area contributed by atoms with E-state index in [-0.39, 0.29) is 11.2 Å². The number of aromatic carboxylic acids is 1. The van der Waals surface area contributed by atoms with Crippen molar-refractivity contribution >= 4 is 5.97 Å². The predicted molar refractivity (Wildman–Crippen MR) is 59.3 cm³/mol. The van der Waals surface area contributed by atoms with Crippen LogP contribution in [0.5, 0.6) is 0 Å². The maximum Gasteiger partial charge on any atom is 0.358 e. The molecule has 90 valence electrons. The summed E-state index contributed by atoms with van der Waals surface area (Å²) in [7, 11) is 1.98. The van der Waals surface area contributed by atoms with E-state index in [1.165, 1.54) is 6.07 Å². The van der Waals surface area contributed by atoms with E-state index in [1.807, 2.05) is 7.05 Å². The molecule has 0 amide bonds. The Labute approximate surface area is 95.0 Å². The number of hydrogen-bond acceptors (Lipinski definition) is 4. The van der Waals surface area contributed by atoms with Crippen LogP contribution in [0, 0.1) is 0 Å². The van der Waals surface area contributed by atoms with Gasteiger partial charge in [-0.2, -0.15) is 0 Å². The summed E-state index contributed by atoms with van der Waals surface area (Å²) in [6, 6.07) is 1.46. The molecule has 0 aliphatic carbocycles. The Bertz CT molecular complexity index is 371. The zero-order valence-electron chi connectivity index (χ0n) is 10.1. The van der Waals surface area contributed by atoms with Crippen LogP contribution in [0.1, 0.15) is 43.4 Å². The third-order valence-electron chi connectivity index (χ3n) is 3.07. The molecular formula is C11H18N2O3. The van der Waals surface area contributed by atoms with E-state index in [0.29, 0.717) is 12.3 Å². The van der Waals surface area contributed by atoms with Crippen molar-refractivity contribution in [3.05, 3.63) is 17.5 Å². The highest BCUT2D eigenvalue weighted by molar-refractivity contribution is 5.85. The molecule has 0 radical (unpaired) electrons. The highest BCUT2D eigenvalue weighted by Crippen LogP contribution is 2.19. The quantitative estimate of drug-likeness (QED) is 0.831. The minimum absolute atomic E-state index is 0.0438. The SMILES string of the molecule is CCC(C)(C)N(C)Cc1cc(C(=O)O)no1. The molecule has 0 atom stereocenters. The van der Waals surface area contributed by atoms with Crippen LogP contribution in [0.15, 0.2) is 10.6 Å². The third kappa shape index (κ3) is 2.82. The zero-order chi connectivity index (χ0) is 12.3. The maximum absolute atomic E-state index is 10.6. The molecule has 1 heterocycles. The van der Waals surface area contributed by atoms with Gasteiger partial charge in [0, 0.05) is 11.6 Å². The number of aromatic nitrogens is 1. The van der Waals surface area contributed by atoms with Crippen LogP contribution in [-0.4, -0.2) is 33.7 Å². The highest BCUT2D eigenvalue weighted by Gasteiger charge is 2.22. The van der Waals surface area contributed by atoms with Gasteiger partial charge < -0.3 is 9.63 Å². The minimum Gasteiger partial charge on any atom is -0.476 e. The lowest BCUT2D eigenvalue weighted by Crippen LogP contribution is -2.39. The molecule has 0 unspecified atom stereocenters. The fraction of sp³-hybridized carbons (Fsp3) is 0.636. The summed E-state index contributed by atoms with van der Waals surface area (Å²) in [5.41, 5.74) is 0.00797. The van der Waals surface area contributed by atoms with Crippen molar-refractivity contribution in [3.8, 4) is 0 Å². The second-order valence-corrected chi connectivity index (χ2v) is 4.51. The molecular weight excluding hydrogens is 208 g/mol. The Hall–Kier alpha value is -1.36. The van der Waals surface area contributed by atoms with Crippen molar-refractivity contribution in [1.82, 2.24) is 10.1 Å². The van der Waals surface area contributed by atoms with Gasteiger partial charge in [-0.3, -0.25) is 4.90 Å². The number of nitrogens with zero attached hydrogens (tertiary/aromatic N) is 2. The molecule has 1 aromatic rings. The number of rotatable bonds is 5. The van der Waals surface area contributed by atoms with Gasteiger partial charge in [0.1, 0.15) is 0 Å². The molecule has 16 heavy (non-hydrogen) atoms. The first-order valence-corrected chi connectivity index (χ1v) is 5.27. The first kappa shape index (κ1) is 12.7. The van der Waals surface area contributed by atoms with Crippen molar-refractivity contribution < 1.29 is 14.4 Å². The van der Waals surface area contributed by atoms with Gasteiger partial charge >= 0.3 is 5.97 Å². The lowest BCUT2D eigenvalue weighted by atomic mass is 10.00. The fourth-order valence-corrected chi connectivity index (χ4v) is 1.21. The standard InChI is InChI=1S/C11H18N2O3/c1-5-11(2,3)13(4)7-8-6-9(10(14)15)12-16-8/h6H,5,7H2,1-4H3,(H,14,15). The summed E-state index contributed by atoms with van der Waals surface area (Å²) in [5.74, 6) is -0.492. The molecule has 0 aliphatic heterocycles. The van der Waals surface area contributed by atoms with Gasteiger partial charge in [0.25, 0.3) is 0 Å². The minimum atomic E-state index is -1.06. The summed E-state index contributed by atoms with van der Waals surface area (Å²) in [6.45, 7) is 6.92. The van der Waals surface area contributed by atoms with Gasteiger partial charge in [-0.25, -0.2) is 4.79 Å². The van der Waals surface area contributed by atoms with Gasteiger partial charge in [-0.15, -0.1) is 0 Å². The Morgan fingerprint density at radius 1 is 1.62 bits per heavy atom. The smallest absolute Gasteiger partial charge is 0.358 e. The largest absolute Gasteiger partial charge is 0.476 e. The van der Waals surface area contributed by atoms with Crippen molar-refractivity contribution in [2.45, 2.75) is 39.3 Å². The molecule has 1 N–H and O–H groups in total. The molecule has 1 aromatic heterocycles. The molecule has 0 spiro atoms. The van der Waals surface area contributed by atoms with E-state index in [0.717, 1.165) is 6.42 Å². The molecule has 0 aliphatic rings. The molecule has 0 saturated heterocycles. The van der Waals surface area contributed by atoms with Gasteiger partial charge in [0.2, 0.25) is 0 Å². The van der Waals surface area contributed by atoms with E-state index < -0.39 is 5.97 Å². The van der Waals surface area contributed by atoms with E-state index >= 15 is 0 Å². The number of carbonyl (C=O) groups is 1. The van der Waals surface area contributed by atoms with Gasteiger partial charge in [0.05, 0.1) is 6.54 Å². The van der Waals surface area contributed by atoms with Gasteiger partial charge in [-0.1, -0.05) is 12.1 Å². The number of carboxylic acids is 1. The first-order chi connectivity index (χ1) is 7.36. The monoisotopic (exact) mass is 226 g/mol. The first-order valence-electron chi connectivity index (χ1n) is 5.27. The maximum atomic E-state index is 10.6. The van der Waals surface area contributed by atoms with Crippen molar-refractivity contribution in [1.29, 1.82) is 0 Å². The number of carboxylic acid groups (broad SMARTS) is 1. The van der Waals surface area contributed by atoms with E-state index in [1.54, 1.807) is 0 Å². The topological polar surface area (TPSA) is 66.6 Å². The summed E-state index contributed by atoms with van der Waals surface area (Å²) >= 11 is 0. The van der Waals surface area contributed by atoms with Crippen LogP contribution >= 0.6 is 0 Å². The van der Waals surface area contributed by atoms with Crippen molar-refractivity contribution in [2.75, 3.05) is 7.05 Å². The summed E-state index contributed by atoms with van der Waals surface area (Å²) in [6.07, 6.45) is 1.00. The van der Waals surface area contributed by atoms with Crippen LogP contribution in [0.2, 0.25) is 0 Å². The third-order valence-corrected chi connectivity index (χ3v) is 3.07. The van der Waals surface area contributed by atoms with Crippen LogP contribution < -0.4 is 0 Å². The van der Waals surface area contributed by atoms with Crippen LogP contribution in [0.4, 0.5) is 0 Å². The summed E-state index contributed by atoms with van der Waals surface area (Å²) in [4.78, 5) is 12.7. The molecule has 1 rings (SSSR count). The zero-order valence-corrected chi connectivity index (χ0v) is 10.1. The Kier molecular flexibility index (Phi) is 3.70. The fourth-order valence-electron chi connectivity index (χ4n) is 1.21. The average Bonchev–Trinajstić information content (AvgIpc) is 2.66. The van der Waals surface area contributed by atoms with Crippen molar-refractivity contribution in [2.24, 2.45) is 0 Å². The van der Waals surface area contributed by atoms with Crippen LogP contribution in [0.3, 0.4) is 0 Å². The van der Waals surface area contributed by atoms with Crippen LogP contribution in [0.25, 0.3) is 0 Å². The predicted octanol–water partition coefficient (Wildman–Crippen LogP) is 1.99. The molecule has 0 aromatic carbocycles. The molecule has 0 bridgehead atoms. The van der Waals surface area contributed by atoms with E-state index in [4.69, 9.17) is 9.63 Å². The highest BCUT2D eigenvalue weighted by atomic mass is 16.5. The lowest BCUT2D eigenvalue weighted by Gasteiger charge is -2.33. The van der Waals surface area contributed by atoms with E-state index in [2.05, 4.69) is 30.8 Å². The number of hydrogen-bond donors (Lipinski definition) is 1. The summed E-state index contributed by atoms with van der Waals surface area (Å²) in [5, 5.41) is 12.2. The molecule has 0 fully saturated rings. The Balaban J connectivity index is 2.70. The van der Waals surface area contributed by atoms with Gasteiger partial charge in [0.15, 0.2) is 11.5 Å². The molecule has 5 heteroatoms. The normalized spacial score (nSPS) is 12.1. The lowest BCUT2D eigenvalue weighted by molar-refractivity contribution is 0.0685. The Morgan fingerprint density at radius 2 is 2.25 bits per heavy atom. The average molecular weight is 226 g/mol. The Morgan fingerprint density at radius 3 is 2.69 bits per heavy atom. The van der Waals surface area contributed by atoms with E-state index in [9.17, 15) is 4.79 Å². The molecule has 5 nitrogen and oxygen atoms in total. The van der Waals surface area contributed by atoms with Crippen molar-refractivity contribution in [3.63, 3.8) is 0 Å².